The number of hydrogen-bond donors (Lipinski definition) is 0. The number of hydrogen-bond acceptors (Lipinski definition) is 11. The number of rotatable bonds is 21. The fourth-order valence-corrected chi connectivity index (χ4v) is 19.7. The molecule has 11 nitrogen and oxygen atoms in total. The Labute approximate surface area is 511 Å². The quantitative estimate of drug-likeness (QED) is 0.0390. The molecule has 7 aromatic rings. The first-order valence-corrected chi connectivity index (χ1v) is 34.6. The minimum absolute atomic E-state index is 0.232. The van der Waals surface area contributed by atoms with E-state index in [-0.39, 0.29) is 37.2 Å². The second kappa shape index (κ2) is 28.8. The molecular weight excluding hydrogens is 1170 g/mol. The van der Waals surface area contributed by atoms with Crippen LogP contribution in [0.4, 0.5) is 0 Å². The van der Waals surface area contributed by atoms with Gasteiger partial charge >= 0.3 is 484 Å². The van der Waals surface area contributed by atoms with E-state index < -0.39 is 68.1 Å². The van der Waals surface area contributed by atoms with Crippen molar-refractivity contribution in [2.24, 2.45) is 0 Å². The van der Waals surface area contributed by atoms with Gasteiger partial charge in [0.05, 0.1) is 7.11 Å². The molecule has 0 aliphatic carbocycles. The summed E-state index contributed by atoms with van der Waals surface area (Å²) < 4.78 is 84.4. The van der Waals surface area contributed by atoms with Crippen molar-refractivity contribution < 1.29 is 51.3 Å². The molecule has 444 valence electrons. The van der Waals surface area contributed by atoms with Crippen molar-refractivity contribution >= 4 is 59.7 Å². The van der Waals surface area contributed by atoms with E-state index in [9.17, 15) is 4.21 Å². The van der Waals surface area contributed by atoms with Crippen LogP contribution in [0.5, 0.6) is 5.75 Å². The molecule has 85 heavy (non-hydrogen) atoms. The molecular formula is C71H78O11SSeSi. The second-order valence-electron chi connectivity index (χ2n) is 23.1. The topological polar surface area (TPSA) is 109 Å². The Morgan fingerprint density at radius 3 is 2.12 bits per heavy atom. The summed E-state index contributed by atoms with van der Waals surface area (Å²) in [6, 6.07) is 62.4. The van der Waals surface area contributed by atoms with Gasteiger partial charge in [-0.3, -0.25) is 0 Å². The van der Waals surface area contributed by atoms with Crippen molar-refractivity contribution in [3.8, 4) is 5.75 Å². The summed E-state index contributed by atoms with van der Waals surface area (Å²) in [4.78, 5) is 0.681. The summed E-state index contributed by atoms with van der Waals surface area (Å²) in [5, 5.41) is 5.74. The maximum atomic E-state index is 13.8. The molecule has 4 aliphatic heterocycles. The van der Waals surface area contributed by atoms with Crippen molar-refractivity contribution in [3.05, 3.63) is 235 Å². The average molecular weight is 1250 g/mol. The summed E-state index contributed by atoms with van der Waals surface area (Å²) in [5.41, 5.74) is 3.02. The Hall–Kier alpha value is -5.81. The predicted octanol–water partition coefficient (Wildman–Crippen LogP) is 11.7. The van der Waals surface area contributed by atoms with Crippen LogP contribution >= 0.6 is 0 Å². The molecule has 0 bridgehead atoms. The average Bonchev–Trinajstić information content (AvgIpc) is 3.54. The first-order chi connectivity index (χ1) is 41.5. The van der Waals surface area contributed by atoms with E-state index in [1.54, 1.807) is 18.8 Å². The molecule has 14 heteroatoms. The van der Waals surface area contributed by atoms with Crippen molar-refractivity contribution in [2.75, 3.05) is 26.9 Å². The first kappa shape index (κ1) is 60.9. The molecule has 2 saturated heterocycles. The monoisotopic (exact) mass is 1250 g/mol. The van der Waals surface area contributed by atoms with E-state index in [1.807, 2.05) is 67.6 Å². The fraction of sp³-hybridized carbons (Fsp3) is 0.352. The van der Waals surface area contributed by atoms with Gasteiger partial charge in [-0.15, -0.1) is 0 Å². The van der Waals surface area contributed by atoms with Crippen LogP contribution in [0.15, 0.2) is 223 Å². The second-order valence-corrected chi connectivity index (χ2v) is 31.4. The number of fused-ring (bicyclic) bond motifs is 3. The van der Waals surface area contributed by atoms with Gasteiger partial charge in [0.15, 0.2) is 0 Å². The van der Waals surface area contributed by atoms with E-state index in [1.165, 1.54) is 14.8 Å². The van der Waals surface area contributed by atoms with Gasteiger partial charge in [-0.05, 0) is 6.92 Å². The van der Waals surface area contributed by atoms with Gasteiger partial charge in [-0.1, -0.05) is 6.07 Å². The van der Waals surface area contributed by atoms with Gasteiger partial charge in [-0.2, -0.15) is 0 Å². The summed E-state index contributed by atoms with van der Waals surface area (Å²) in [6.07, 6.45) is 7.32. The zero-order valence-electron chi connectivity index (χ0n) is 49.1. The summed E-state index contributed by atoms with van der Waals surface area (Å²) in [6.45, 7) is 10.4. The number of ether oxygens (including phenoxy) is 9. The van der Waals surface area contributed by atoms with Gasteiger partial charge in [-0.25, -0.2) is 0 Å². The van der Waals surface area contributed by atoms with Crippen molar-refractivity contribution in [1.29, 1.82) is 0 Å². The zero-order chi connectivity index (χ0) is 58.6. The van der Waals surface area contributed by atoms with Crippen LogP contribution in [0.3, 0.4) is 0 Å². The molecule has 12 atom stereocenters. The molecule has 0 amide bonds. The molecule has 0 N–H and O–H groups in total. The molecule has 0 spiro atoms. The van der Waals surface area contributed by atoms with Crippen molar-refractivity contribution in [3.63, 3.8) is 0 Å². The Kier molecular flexibility index (Phi) is 20.6. The van der Waals surface area contributed by atoms with E-state index in [0.717, 1.165) is 33.2 Å². The standard InChI is InChI=1S/C71H78O11SSeSi/c1-50-31-39-56(40-32-50)83(72)45-44-75-68-64(80-63-28-17-18-42-74-67(63)69(68)76-48-51-33-34-52-20-15-16-21-54(52)46-51)47-66(84-57-22-9-6-10-23-57)81-60-29-19-30-61-65(49-77-70(82-61)53-35-37-55(73-5)38-36-53)79-62(60)41-43-78-85(71(2,3)4,58-24-11-7-12-25-58)59-26-13-8-14-27-59/h6-27,30-40,44-46,60-70H,28-29,41-43,47-49H2,1-5H3/b30-19-,45-44-/t60-,61+,62+,63+,64-,65-,66?,67+,68-,69-,70-,83?/m1/s1. The van der Waals surface area contributed by atoms with Crippen molar-refractivity contribution in [2.45, 2.75) is 136 Å². The molecule has 2 unspecified atom stereocenters. The normalized spacial score (nSPS) is 25.6. The summed E-state index contributed by atoms with van der Waals surface area (Å²) in [7, 11) is -2.76. The van der Waals surface area contributed by atoms with Crippen molar-refractivity contribution in [1.82, 2.24) is 0 Å². The third-order valence-electron chi connectivity index (χ3n) is 16.4. The van der Waals surface area contributed by atoms with Gasteiger partial charge in [0, 0.05) is 0 Å². The molecule has 7 aromatic carbocycles. The SMILES string of the molecule is COc1ccc([C@@H]2OC[C@H]3O[C@@H](CCO[Si](c4ccccc4)(c4ccccc4)C(C)(C)C)[C@H](OC(C[C@H]4O[C@H]5CC=CCO[C@@H]5[C@@H](OCc5ccc6ccccc6c5)[C@@H]4O/C=C\S(=O)c4ccc(C)cc4)[Se]c4ccccc4)C/C=C\[C@@H]3O2)cc1. The van der Waals surface area contributed by atoms with Crippen LogP contribution in [0.25, 0.3) is 10.8 Å². The molecule has 0 aromatic heterocycles. The predicted molar refractivity (Wildman–Crippen MR) is 339 cm³/mol. The van der Waals surface area contributed by atoms with Crippen LogP contribution in [0.1, 0.15) is 69.4 Å². The third-order valence-corrected chi connectivity index (χ3v) is 24.8. The molecule has 0 saturated carbocycles. The van der Waals surface area contributed by atoms with Gasteiger partial charge in [0.2, 0.25) is 0 Å². The Bertz CT molecular complexity index is 3300. The van der Waals surface area contributed by atoms with E-state index in [2.05, 4.69) is 166 Å². The molecule has 4 heterocycles. The number of benzene rings is 7. The molecule has 0 radical (unpaired) electrons. The first-order valence-electron chi connectivity index (χ1n) is 29.7. The van der Waals surface area contributed by atoms with Gasteiger partial charge < -0.3 is 4.74 Å². The zero-order valence-corrected chi connectivity index (χ0v) is 52.6. The van der Waals surface area contributed by atoms with Crippen LogP contribution < -0.4 is 19.6 Å². The van der Waals surface area contributed by atoms with Crippen LogP contribution in [0.2, 0.25) is 5.04 Å². The van der Waals surface area contributed by atoms with Gasteiger partial charge in [0.25, 0.3) is 0 Å². The van der Waals surface area contributed by atoms with E-state index in [4.69, 9.17) is 47.1 Å². The molecule has 4 aliphatic rings. The van der Waals surface area contributed by atoms with Gasteiger partial charge in [0.1, 0.15) is 5.75 Å². The van der Waals surface area contributed by atoms with Crippen LogP contribution in [0, 0.1) is 6.92 Å². The molecule has 11 rings (SSSR count). The Balaban J connectivity index is 0.931. The summed E-state index contributed by atoms with van der Waals surface area (Å²) in [5.74, 6) is 0.763. The molecule has 2 fully saturated rings. The maximum absolute atomic E-state index is 13.8. The summed E-state index contributed by atoms with van der Waals surface area (Å²) >= 11 is -0.233. The Morgan fingerprint density at radius 2 is 1.40 bits per heavy atom. The van der Waals surface area contributed by atoms with E-state index >= 15 is 0 Å². The van der Waals surface area contributed by atoms with Crippen LogP contribution in [-0.4, -0.2) is 114 Å². The minimum atomic E-state index is -2.94. The van der Waals surface area contributed by atoms with E-state index in [0.29, 0.717) is 57.0 Å². The Morgan fingerprint density at radius 1 is 0.706 bits per heavy atom. The fourth-order valence-electron chi connectivity index (χ4n) is 12.1. The number of methoxy groups -OCH3 is 1. The third kappa shape index (κ3) is 15.0. The van der Waals surface area contributed by atoms with Crippen LogP contribution in [-0.2, 0) is 59.7 Å². The number of aryl methyl sites for hydroxylation is 1.